The van der Waals surface area contributed by atoms with E-state index in [-0.39, 0.29) is 24.6 Å². The maximum absolute atomic E-state index is 12.5. The van der Waals surface area contributed by atoms with Crippen molar-refractivity contribution in [3.8, 4) is 11.6 Å². The van der Waals surface area contributed by atoms with Gasteiger partial charge in [0.05, 0.1) is 5.56 Å². The molecular formula is C19H19F3N2O4. The molecule has 0 aliphatic heterocycles. The molecule has 0 spiro atoms. The van der Waals surface area contributed by atoms with Crippen molar-refractivity contribution in [2.45, 2.75) is 38.4 Å². The molecule has 0 unspecified atom stereocenters. The number of carbonyl (C=O) groups excluding carboxylic acids is 1. The standard InChI is InChI=1S/C19H19F3N2O4/c1-18(2,10-9-16(25)26)24-17(27)12-3-6-14(7-4-12)28-15-8-5-13(11-23-15)19(20,21)22/h3-8,11H,9-10H2,1-2H3,(H,24,27)(H,25,26). The van der Waals surface area contributed by atoms with Crippen molar-refractivity contribution in [1.82, 2.24) is 10.3 Å². The average molecular weight is 396 g/mol. The zero-order valence-electron chi connectivity index (χ0n) is 15.2. The first-order chi connectivity index (χ1) is 13.0. The van der Waals surface area contributed by atoms with Crippen LogP contribution in [-0.2, 0) is 11.0 Å². The number of aromatic nitrogens is 1. The van der Waals surface area contributed by atoms with Crippen LogP contribution in [0.3, 0.4) is 0 Å². The monoisotopic (exact) mass is 396 g/mol. The third-order valence-corrected chi connectivity index (χ3v) is 3.82. The molecule has 1 heterocycles. The fraction of sp³-hybridized carbons (Fsp3) is 0.316. The number of ether oxygens (including phenoxy) is 1. The number of nitrogens with one attached hydrogen (secondary N) is 1. The Morgan fingerprint density at radius 3 is 2.25 bits per heavy atom. The van der Waals surface area contributed by atoms with Crippen LogP contribution in [0.5, 0.6) is 11.6 Å². The zero-order valence-corrected chi connectivity index (χ0v) is 15.2. The Kier molecular flexibility index (Phi) is 6.27. The molecule has 0 bridgehead atoms. The molecule has 0 atom stereocenters. The third-order valence-electron chi connectivity index (χ3n) is 3.82. The van der Waals surface area contributed by atoms with Crippen LogP contribution in [-0.4, -0.2) is 27.5 Å². The van der Waals surface area contributed by atoms with Gasteiger partial charge in [-0.05, 0) is 50.6 Å². The molecule has 1 amide bonds. The second-order valence-electron chi connectivity index (χ2n) is 6.74. The van der Waals surface area contributed by atoms with Crippen LogP contribution < -0.4 is 10.1 Å². The number of halogens is 3. The number of pyridine rings is 1. The highest BCUT2D eigenvalue weighted by Gasteiger charge is 2.30. The smallest absolute Gasteiger partial charge is 0.417 e. The summed E-state index contributed by atoms with van der Waals surface area (Å²) >= 11 is 0. The first kappa shape index (κ1) is 21.2. The number of rotatable bonds is 7. The van der Waals surface area contributed by atoms with E-state index in [0.717, 1.165) is 12.1 Å². The lowest BCUT2D eigenvalue weighted by atomic mass is 9.98. The van der Waals surface area contributed by atoms with Gasteiger partial charge in [0.15, 0.2) is 0 Å². The first-order valence-electron chi connectivity index (χ1n) is 8.32. The van der Waals surface area contributed by atoms with Crippen molar-refractivity contribution >= 4 is 11.9 Å². The SMILES string of the molecule is CC(C)(CCC(=O)O)NC(=O)c1ccc(Oc2ccc(C(F)(F)F)cn2)cc1. The van der Waals surface area contributed by atoms with E-state index in [1.807, 2.05) is 0 Å². The van der Waals surface area contributed by atoms with Gasteiger partial charge in [-0.1, -0.05) is 0 Å². The van der Waals surface area contributed by atoms with Gasteiger partial charge in [-0.3, -0.25) is 9.59 Å². The van der Waals surface area contributed by atoms with Crippen LogP contribution in [0.2, 0.25) is 0 Å². The van der Waals surface area contributed by atoms with Crippen LogP contribution in [0.25, 0.3) is 0 Å². The highest BCUT2D eigenvalue weighted by molar-refractivity contribution is 5.94. The number of carbonyl (C=O) groups is 2. The van der Waals surface area contributed by atoms with Crippen molar-refractivity contribution < 1.29 is 32.6 Å². The molecule has 0 radical (unpaired) electrons. The Balaban J connectivity index is 1.99. The molecule has 9 heteroatoms. The number of nitrogens with zero attached hydrogens (tertiary/aromatic N) is 1. The quantitative estimate of drug-likeness (QED) is 0.730. The molecule has 2 aromatic rings. The van der Waals surface area contributed by atoms with E-state index in [2.05, 4.69) is 10.3 Å². The molecule has 1 aromatic carbocycles. The van der Waals surface area contributed by atoms with Crippen molar-refractivity contribution in [3.63, 3.8) is 0 Å². The second kappa shape index (κ2) is 8.28. The van der Waals surface area contributed by atoms with E-state index in [1.165, 1.54) is 24.3 Å². The highest BCUT2D eigenvalue weighted by atomic mass is 19.4. The van der Waals surface area contributed by atoms with E-state index in [9.17, 15) is 22.8 Å². The Morgan fingerprint density at radius 1 is 1.11 bits per heavy atom. The van der Waals surface area contributed by atoms with E-state index in [0.29, 0.717) is 17.5 Å². The summed E-state index contributed by atoms with van der Waals surface area (Å²) in [4.78, 5) is 26.6. The number of carboxylic acids is 1. The summed E-state index contributed by atoms with van der Waals surface area (Å²) in [6.07, 6.45) is -3.59. The molecular weight excluding hydrogens is 377 g/mol. The van der Waals surface area contributed by atoms with E-state index >= 15 is 0 Å². The van der Waals surface area contributed by atoms with Gasteiger partial charge >= 0.3 is 12.1 Å². The third kappa shape index (κ3) is 6.26. The molecule has 150 valence electrons. The number of alkyl halides is 3. The highest BCUT2D eigenvalue weighted by Crippen LogP contribution is 2.30. The van der Waals surface area contributed by atoms with Gasteiger partial charge in [-0.15, -0.1) is 0 Å². The van der Waals surface area contributed by atoms with Gasteiger partial charge in [0.2, 0.25) is 5.88 Å². The zero-order chi connectivity index (χ0) is 20.9. The molecule has 0 fully saturated rings. The summed E-state index contributed by atoms with van der Waals surface area (Å²) < 4.78 is 42.9. The van der Waals surface area contributed by atoms with Crippen LogP contribution in [0.1, 0.15) is 42.6 Å². The second-order valence-corrected chi connectivity index (χ2v) is 6.74. The lowest BCUT2D eigenvalue weighted by Crippen LogP contribution is -2.43. The Hall–Kier alpha value is -3.10. The number of hydrogen-bond donors (Lipinski definition) is 2. The Labute approximate surface area is 159 Å². The number of aliphatic carboxylic acids is 1. The van der Waals surface area contributed by atoms with Crippen LogP contribution >= 0.6 is 0 Å². The van der Waals surface area contributed by atoms with Crippen molar-refractivity contribution in [1.29, 1.82) is 0 Å². The molecule has 1 aromatic heterocycles. The normalized spacial score (nSPS) is 11.8. The van der Waals surface area contributed by atoms with Crippen LogP contribution in [0, 0.1) is 0 Å². The summed E-state index contributed by atoms with van der Waals surface area (Å²) in [5.41, 5.74) is -1.25. The fourth-order valence-corrected chi connectivity index (χ4v) is 2.26. The maximum Gasteiger partial charge on any atom is 0.417 e. The van der Waals surface area contributed by atoms with Gasteiger partial charge in [0.1, 0.15) is 5.75 Å². The lowest BCUT2D eigenvalue weighted by molar-refractivity contribution is -0.138. The minimum atomic E-state index is -4.47. The molecule has 2 rings (SSSR count). The molecule has 0 aliphatic carbocycles. The molecule has 28 heavy (non-hydrogen) atoms. The van der Waals surface area contributed by atoms with Gasteiger partial charge in [0, 0.05) is 29.8 Å². The van der Waals surface area contributed by atoms with Gasteiger partial charge in [0.25, 0.3) is 5.91 Å². The lowest BCUT2D eigenvalue weighted by Gasteiger charge is -2.25. The van der Waals surface area contributed by atoms with Crippen LogP contribution in [0.15, 0.2) is 42.6 Å². The molecule has 6 nitrogen and oxygen atoms in total. The van der Waals surface area contributed by atoms with Crippen LogP contribution in [0.4, 0.5) is 13.2 Å². The minimum Gasteiger partial charge on any atom is -0.481 e. The predicted molar refractivity (Wildman–Crippen MR) is 94.2 cm³/mol. The Morgan fingerprint density at radius 2 is 1.75 bits per heavy atom. The van der Waals surface area contributed by atoms with Crippen molar-refractivity contribution in [3.05, 3.63) is 53.7 Å². The number of hydrogen-bond acceptors (Lipinski definition) is 4. The molecule has 0 saturated heterocycles. The first-order valence-corrected chi connectivity index (χ1v) is 8.32. The number of amides is 1. The minimum absolute atomic E-state index is 0.0139. The van der Waals surface area contributed by atoms with Gasteiger partial charge < -0.3 is 15.2 Å². The summed E-state index contributed by atoms with van der Waals surface area (Å²) in [7, 11) is 0. The molecule has 0 aliphatic rings. The summed E-state index contributed by atoms with van der Waals surface area (Å²) in [5.74, 6) is -1.04. The molecule has 2 N–H and O–H groups in total. The number of carboxylic acid groups (broad SMARTS) is 1. The largest absolute Gasteiger partial charge is 0.481 e. The fourth-order valence-electron chi connectivity index (χ4n) is 2.26. The van der Waals surface area contributed by atoms with Gasteiger partial charge in [-0.25, -0.2) is 4.98 Å². The number of benzene rings is 1. The van der Waals surface area contributed by atoms with E-state index in [4.69, 9.17) is 9.84 Å². The van der Waals surface area contributed by atoms with E-state index < -0.39 is 23.2 Å². The Bertz CT molecular complexity index is 832. The van der Waals surface area contributed by atoms with Crippen molar-refractivity contribution in [2.75, 3.05) is 0 Å². The maximum atomic E-state index is 12.5. The summed E-state index contributed by atoms with van der Waals surface area (Å²) in [6, 6.07) is 7.92. The average Bonchev–Trinajstić information content (AvgIpc) is 2.60. The van der Waals surface area contributed by atoms with Crippen molar-refractivity contribution in [2.24, 2.45) is 0 Å². The van der Waals surface area contributed by atoms with E-state index in [1.54, 1.807) is 13.8 Å². The predicted octanol–water partition coefficient (Wildman–Crippen LogP) is 4.27. The van der Waals surface area contributed by atoms with Gasteiger partial charge in [-0.2, -0.15) is 13.2 Å². The summed E-state index contributed by atoms with van der Waals surface area (Å²) in [6.45, 7) is 3.45. The topological polar surface area (TPSA) is 88.5 Å². The summed E-state index contributed by atoms with van der Waals surface area (Å²) in [5, 5.41) is 11.5. The molecule has 0 saturated carbocycles.